The molecular weight excluding hydrogens is 314 g/mol. The first kappa shape index (κ1) is 15.1. The van der Waals surface area contributed by atoms with Gasteiger partial charge < -0.3 is 10.1 Å². The number of aryl methyl sites for hydroxylation is 1. The van der Waals surface area contributed by atoms with Gasteiger partial charge in [-0.2, -0.15) is 0 Å². The van der Waals surface area contributed by atoms with Gasteiger partial charge in [0.2, 0.25) is 0 Å². The zero-order valence-electron chi connectivity index (χ0n) is 11.9. The summed E-state index contributed by atoms with van der Waals surface area (Å²) in [5.41, 5.74) is 3.69. The summed E-state index contributed by atoms with van der Waals surface area (Å²) in [6, 6.07) is 14.7. The summed E-state index contributed by atoms with van der Waals surface area (Å²) in [7, 11) is 1.97. The summed E-state index contributed by atoms with van der Waals surface area (Å²) in [5, 5.41) is 3.16. The van der Waals surface area contributed by atoms with Crippen LogP contribution in [0.3, 0.4) is 0 Å². The number of halogens is 1. The van der Waals surface area contributed by atoms with Gasteiger partial charge in [-0.1, -0.05) is 40.2 Å². The number of rotatable bonds is 6. The minimum Gasteiger partial charge on any atom is -0.489 e. The highest BCUT2D eigenvalue weighted by molar-refractivity contribution is 9.10. The molecular formula is C17H20BrNO. The van der Waals surface area contributed by atoms with Crippen molar-refractivity contribution in [2.45, 2.75) is 20.0 Å². The SMILES string of the molecule is CNCCc1ccc(COc2ccc(Br)cc2C)cc1. The Kier molecular flexibility index (Phi) is 5.62. The third-order valence-electron chi connectivity index (χ3n) is 3.22. The summed E-state index contributed by atoms with van der Waals surface area (Å²) in [4.78, 5) is 0. The molecule has 0 atom stereocenters. The van der Waals surface area contributed by atoms with E-state index in [4.69, 9.17) is 4.74 Å². The van der Waals surface area contributed by atoms with Gasteiger partial charge >= 0.3 is 0 Å². The second kappa shape index (κ2) is 7.46. The largest absolute Gasteiger partial charge is 0.489 e. The van der Waals surface area contributed by atoms with Gasteiger partial charge in [0.1, 0.15) is 12.4 Å². The van der Waals surface area contributed by atoms with Crippen LogP contribution in [0.5, 0.6) is 5.75 Å². The topological polar surface area (TPSA) is 21.3 Å². The molecule has 3 heteroatoms. The van der Waals surface area contributed by atoms with Gasteiger partial charge in [0.15, 0.2) is 0 Å². The quantitative estimate of drug-likeness (QED) is 0.859. The summed E-state index contributed by atoms with van der Waals surface area (Å²) in [6.45, 7) is 3.67. The van der Waals surface area contributed by atoms with E-state index >= 15 is 0 Å². The number of nitrogens with one attached hydrogen (secondary N) is 1. The van der Waals surface area contributed by atoms with Gasteiger partial charge in [-0.15, -0.1) is 0 Å². The fraction of sp³-hybridized carbons (Fsp3) is 0.294. The molecule has 0 saturated carbocycles. The van der Waals surface area contributed by atoms with E-state index in [1.165, 1.54) is 11.1 Å². The Hall–Kier alpha value is -1.32. The zero-order valence-corrected chi connectivity index (χ0v) is 13.5. The second-order valence-corrected chi connectivity index (χ2v) is 5.78. The molecule has 2 rings (SSSR count). The van der Waals surface area contributed by atoms with Crippen LogP contribution in [0.2, 0.25) is 0 Å². The van der Waals surface area contributed by atoms with E-state index in [2.05, 4.69) is 58.5 Å². The average molecular weight is 334 g/mol. The molecule has 2 aromatic carbocycles. The maximum Gasteiger partial charge on any atom is 0.122 e. The number of benzene rings is 2. The lowest BCUT2D eigenvalue weighted by molar-refractivity contribution is 0.304. The van der Waals surface area contributed by atoms with Gasteiger partial charge in [0.25, 0.3) is 0 Å². The summed E-state index contributed by atoms with van der Waals surface area (Å²) in [5.74, 6) is 0.937. The van der Waals surface area contributed by atoms with E-state index in [0.717, 1.165) is 28.8 Å². The number of ether oxygens (including phenoxy) is 1. The van der Waals surface area contributed by atoms with E-state index in [1.54, 1.807) is 0 Å². The standard InChI is InChI=1S/C17H20BrNO/c1-13-11-16(18)7-8-17(13)20-12-15-5-3-14(4-6-15)9-10-19-2/h3-8,11,19H,9-10,12H2,1-2H3. The first-order valence-electron chi connectivity index (χ1n) is 6.80. The van der Waals surface area contributed by atoms with E-state index in [9.17, 15) is 0 Å². The maximum absolute atomic E-state index is 5.87. The summed E-state index contributed by atoms with van der Waals surface area (Å²) >= 11 is 3.46. The molecule has 0 unspecified atom stereocenters. The van der Waals surface area contributed by atoms with Crippen molar-refractivity contribution < 1.29 is 4.74 Å². The molecule has 1 N–H and O–H groups in total. The monoisotopic (exact) mass is 333 g/mol. The summed E-state index contributed by atoms with van der Waals surface area (Å²) in [6.07, 6.45) is 1.06. The van der Waals surface area contributed by atoms with Crippen LogP contribution in [-0.2, 0) is 13.0 Å². The smallest absolute Gasteiger partial charge is 0.122 e. The predicted octanol–water partition coefficient (Wildman–Crippen LogP) is 4.10. The second-order valence-electron chi connectivity index (χ2n) is 4.87. The van der Waals surface area contributed by atoms with Crippen LogP contribution >= 0.6 is 15.9 Å². The fourth-order valence-corrected chi connectivity index (χ4v) is 2.48. The maximum atomic E-state index is 5.87. The molecule has 0 aliphatic carbocycles. The molecule has 2 nitrogen and oxygen atoms in total. The van der Waals surface area contributed by atoms with Crippen molar-refractivity contribution >= 4 is 15.9 Å². The lowest BCUT2D eigenvalue weighted by atomic mass is 10.1. The molecule has 0 aliphatic rings. The van der Waals surface area contributed by atoms with E-state index in [1.807, 2.05) is 19.2 Å². The lowest BCUT2D eigenvalue weighted by Gasteiger charge is -2.10. The number of hydrogen-bond acceptors (Lipinski definition) is 2. The Labute approximate surface area is 129 Å². The molecule has 20 heavy (non-hydrogen) atoms. The van der Waals surface area contributed by atoms with Crippen LogP contribution in [0.1, 0.15) is 16.7 Å². The fourth-order valence-electron chi connectivity index (χ4n) is 2.01. The van der Waals surface area contributed by atoms with Crippen LogP contribution in [0.15, 0.2) is 46.9 Å². The molecule has 2 aromatic rings. The van der Waals surface area contributed by atoms with Crippen LogP contribution in [0, 0.1) is 6.92 Å². The van der Waals surface area contributed by atoms with Gasteiger partial charge in [-0.3, -0.25) is 0 Å². The zero-order chi connectivity index (χ0) is 14.4. The molecule has 0 aromatic heterocycles. The first-order valence-corrected chi connectivity index (χ1v) is 7.59. The van der Waals surface area contributed by atoms with Gasteiger partial charge in [-0.05, 0) is 61.8 Å². The molecule has 106 valence electrons. The predicted molar refractivity (Wildman–Crippen MR) is 87.3 cm³/mol. The Morgan fingerprint density at radius 3 is 2.40 bits per heavy atom. The van der Waals surface area contributed by atoms with E-state index in [0.29, 0.717) is 6.61 Å². The van der Waals surface area contributed by atoms with Crippen molar-refractivity contribution in [3.05, 3.63) is 63.6 Å². The third-order valence-corrected chi connectivity index (χ3v) is 3.71. The highest BCUT2D eigenvalue weighted by Crippen LogP contribution is 2.23. The molecule has 0 bridgehead atoms. The van der Waals surface area contributed by atoms with Crippen molar-refractivity contribution in [1.82, 2.24) is 5.32 Å². The first-order chi connectivity index (χ1) is 9.69. The molecule has 0 fully saturated rings. The van der Waals surface area contributed by atoms with Crippen molar-refractivity contribution in [2.75, 3.05) is 13.6 Å². The van der Waals surface area contributed by atoms with Gasteiger partial charge in [0, 0.05) is 4.47 Å². The molecule has 0 aliphatic heterocycles. The van der Waals surface area contributed by atoms with Gasteiger partial charge in [-0.25, -0.2) is 0 Å². The molecule has 0 saturated heterocycles. The van der Waals surface area contributed by atoms with Crippen molar-refractivity contribution in [2.24, 2.45) is 0 Å². The lowest BCUT2D eigenvalue weighted by Crippen LogP contribution is -2.10. The third kappa shape index (κ3) is 4.36. The average Bonchev–Trinajstić information content (AvgIpc) is 2.45. The normalized spacial score (nSPS) is 10.6. The number of hydrogen-bond donors (Lipinski definition) is 1. The molecule has 0 heterocycles. The number of likely N-dealkylation sites (N-methyl/N-ethyl adjacent to an activating group) is 1. The minimum atomic E-state index is 0.606. The van der Waals surface area contributed by atoms with E-state index < -0.39 is 0 Å². The highest BCUT2D eigenvalue weighted by atomic mass is 79.9. The Morgan fingerprint density at radius 1 is 1.05 bits per heavy atom. The van der Waals surface area contributed by atoms with Crippen molar-refractivity contribution in [1.29, 1.82) is 0 Å². The molecule has 0 radical (unpaired) electrons. The highest BCUT2D eigenvalue weighted by Gasteiger charge is 2.01. The van der Waals surface area contributed by atoms with Crippen LogP contribution in [0.25, 0.3) is 0 Å². The van der Waals surface area contributed by atoms with Crippen LogP contribution in [-0.4, -0.2) is 13.6 Å². The Morgan fingerprint density at radius 2 is 1.75 bits per heavy atom. The van der Waals surface area contributed by atoms with E-state index in [-0.39, 0.29) is 0 Å². The minimum absolute atomic E-state index is 0.606. The van der Waals surface area contributed by atoms with Crippen LogP contribution in [0.4, 0.5) is 0 Å². The Bertz CT molecular complexity index is 551. The van der Waals surface area contributed by atoms with Gasteiger partial charge in [0.05, 0.1) is 0 Å². The van der Waals surface area contributed by atoms with Crippen LogP contribution < -0.4 is 10.1 Å². The summed E-state index contributed by atoms with van der Waals surface area (Å²) < 4.78 is 6.95. The molecule has 0 spiro atoms. The molecule has 0 amide bonds. The Balaban J connectivity index is 1.93. The van der Waals surface area contributed by atoms with Crippen molar-refractivity contribution in [3.63, 3.8) is 0 Å². The van der Waals surface area contributed by atoms with Crippen molar-refractivity contribution in [3.8, 4) is 5.75 Å².